The average Bonchev–Trinajstić information content (AvgIpc) is 2.72. The number of benzene rings is 2. The number of carbonyl (C=O) groups excluding carboxylic acids is 1. The predicted molar refractivity (Wildman–Crippen MR) is 109 cm³/mol. The third kappa shape index (κ3) is 4.53. The second kappa shape index (κ2) is 9.00. The summed E-state index contributed by atoms with van der Waals surface area (Å²) in [5, 5.41) is 2.79. The molecule has 1 N–H and O–H groups in total. The monoisotopic (exact) mass is 353 g/mol. The first-order valence-electron chi connectivity index (χ1n) is 9.65. The van der Waals surface area contributed by atoms with Gasteiger partial charge in [-0.3, -0.25) is 4.79 Å². The Balaban J connectivity index is 2.60. The zero-order valence-corrected chi connectivity index (χ0v) is 16.7. The Morgan fingerprint density at radius 1 is 0.923 bits per heavy atom. The van der Waals surface area contributed by atoms with Crippen LogP contribution in [-0.4, -0.2) is 44.1 Å². The van der Waals surface area contributed by atoms with Gasteiger partial charge in [0.1, 0.15) is 0 Å². The number of nitrogens with one attached hydrogen (secondary N) is 1. The van der Waals surface area contributed by atoms with Crippen molar-refractivity contribution in [3.05, 3.63) is 71.8 Å². The highest BCUT2D eigenvalue weighted by atomic mass is 16.1. The van der Waals surface area contributed by atoms with Crippen LogP contribution in [0.1, 0.15) is 37.8 Å². The highest BCUT2D eigenvalue weighted by molar-refractivity contribution is 5.75. The highest BCUT2D eigenvalue weighted by Crippen LogP contribution is 2.39. The Hall–Kier alpha value is -2.13. The van der Waals surface area contributed by atoms with Gasteiger partial charge in [0.05, 0.1) is 32.1 Å². The molecule has 2 aromatic carbocycles. The molecule has 0 aliphatic heterocycles. The molecule has 1 amide bonds. The molecular formula is C23H33N2O+. The van der Waals surface area contributed by atoms with Crippen molar-refractivity contribution in [1.29, 1.82) is 0 Å². The third-order valence-corrected chi connectivity index (χ3v) is 5.89. The Morgan fingerprint density at radius 2 is 1.38 bits per heavy atom. The molecule has 140 valence electrons. The molecule has 0 bridgehead atoms. The minimum Gasteiger partial charge on any atom is -0.359 e. The number of hydrogen-bond donors (Lipinski definition) is 1. The fourth-order valence-corrected chi connectivity index (χ4v) is 3.78. The van der Waals surface area contributed by atoms with Gasteiger partial charge in [-0.05, 0) is 31.4 Å². The number of amides is 1. The normalized spacial score (nSPS) is 12.0. The predicted octanol–water partition coefficient (Wildman–Crippen LogP) is 3.99. The molecule has 0 atom stereocenters. The van der Waals surface area contributed by atoms with Gasteiger partial charge in [0.2, 0.25) is 5.91 Å². The van der Waals surface area contributed by atoms with Gasteiger partial charge < -0.3 is 9.80 Å². The molecule has 26 heavy (non-hydrogen) atoms. The van der Waals surface area contributed by atoms with E-state index in [-0.39, 0.29) is 11.3 Å². The van der Waals surface area contributed by atoms with Crippen molar-refractivity contribution in [2.24, 2.45) is 0 Å². The molecule has 0 aliphatic carbocycles. The maximum Gasteiger partial charge on any atom is 0.219 e. The number of nitrogens with zero attached hydrogens (tertiary/aromatic N) is 1. The van der Waals surface area contributed by atoms with Crippen LogP contribution in [0, 0.1) is 0 Å². The van der Waals surface area contributed by atoms with Crippen molar-refractivity contribution in [1.82, 2.24) is 5.32 Å². The fraction of sp³-hybridized carbons (Fsp3) is 0.435. The van der Waals surface area contributed by atoms with E-state index in [0.29, 0.717) is 6.42 Å². The molecule has 0 heterocycles. The number of carbonyl (C=O) groups is 1. The SMILES string of the molecule is CC[N+](C)(CC)CC(CCC(=O)NC)(c1ccccc1)c1ccccc1. The van der Waals surface area contributed by atoms with Gasteiger partial charge in [0.25, 0.3) is 0 Å². The van der Waals surface area contributed by atoms with Crippen molar-refractivity contribution in [2.75, 3.05) is 33.7 Å². The van der Waals surface area contributed by atoms with Gasteiger partial charge in [-0.15, -0.1) is 0 Å². The molecule has 2 rings (SSSR count). The summed E-state index contributed by atoms with van der Waals surface area (Å²) in [5.41, 5.74) is 2.40. The number of likely N-dealkylation sites (N-methyl/N-ethyl adjacent to an activating group) is 1. The molecule has 0 saturated heterocycles. The number of rotatable bonds is 9. The zero-order valence-electron chi connectivity index (χ0n) is 16.7. The Morgan fingerprint density at radius 3 is 1.77 bits per heavy atom. The van der Waals surface area contributed by atoms with Crippen LogP contribution in [0.25, 0.3) is 0 Å². The Bertz CT molecular complexity index is 638. The van der Waals surface area contributed by atoms with Gasteiger partial charge in [-0.25, -0.2) is 0 Å². The van der Waals surface area contributed by atoms with E-state index in [2.05, 4.69) is 86.9 Å². The quantitative estimate of drug-likeness (QED) is 0.679. The van der Waals surface area contributed by atoms with Crippen LogP contribution in [0.2, 0.25) is 0 Å². The topological polar surface area (TPSA) is 29.1 Å². The van der Waals surface area contributed by atoms with Gasteiger partial charge in [0.15, 0.2) is 0 Å². The van der Waals surface area contributed by atoms with Crippen molar-refractivity contribution < 1.29 is 9.28 Å². The summed E-state index contributed by atoms with van der Waals surface area (Å²) < 4.78 is 0.970. The van der Waals surface area contributed by atoms with Crippen LogP contribution in [0.15, 0.2) is 60.7 Å². The standard InChI is InChI=1S/C23H32N2O/c1-5-25(4,6-2)19-23(18-17-22(26)24-3,20-13-9-7-10-14-20)21-15-11-8-12-16-21/h7-16H,5-6,17-19H2,1-4H3/p+1. The number of quaternary nitrogens is 1. The van der Waals surface area contributed by atoms with E-state index in [1.165, 1.54) is 11.1 Å². The minimum atomic E-state index is -0.185. The minimum absolute atomic E-state index is 0.100. The largest absolute Gasteiger partial charge is 0.359 e. The van der Waals surface area contributed by atoms with E-state index < -0.39 is 0 Å². The van der Waals surface area contributed by atoms with Gasteiger partial charge in [0, 0.05) is 13.5 Å². The van der Waals surface area contributed by atoms with Crippen LogP contribution in [-0.2, 0) is 10.2 Å². The molecule has 0 spiro atoms. The Kier molecular flexibility index (Phi) is 6.98. The van der Waals surface area contributed by atoms with E-state index in [0.717, 1.165) is 30.5 Å². The van der Waals surface area contributed by atoms with E-state index in [4.69, 9.17) is 0 Å². The average molecular weight is 354 g/mol. The smallest absolute Gasteiger partial charge is 0.219 e. The van der Waals surface area contributed by atoms with Crippen molar-refractivity contribution >= 4 is 5.91 Å². The molecule has 0 saturated carbocycles. The summed E-state index contributed by atoms with van der Waals surface area (Å²) in [6.45, 7) is 7.62. The van der Waals surface area contributed by atoms with Crippen molar-refractivity contribution in [3.8, 4) is 0 Å². The van der Waals surface area contributed by atoms with E-state index in [1.807, 2.05) is 0 Å². The molecule has 3 heteroatoms. The molecular weight excluding hydrogens is 320 g/mol. The van der Waals surface area contributed by atoms with Crippen LogP contribution < -0.4 is 5.32 Å². The Labute approximate surface area is 158 Å². The summed E-state index contributed by atoms with van der Waals surface area (Å²) in [6.07, 6.45) is 1.32. The van der Waals surface area contributed by atoms with Crippen LogP contribution in [0.5, 0.6) is 0 Å². The molecule has 0 aromatic heterocycles. The lowest BCUT2D eigenvalue weighted by molar-refractivity contribution is -0.909. The summed E-state index contributed by atoms with van der Waals surface area (Å²) >= 11 is 0. The van der Waals surface area contributed by atoms with E-state index in [9.17, 15) is 4.79 Å². The molecule has 0 fully saturated rings. The summed E-state index contributed by atoms with van der Waals surface area (Å²) in [6, 6.07) is 21.4. The molecule has 2 aromatic rings. The first-order valence-corrected chi connectivity index (χ1v) is 9.65. The lowest BCUT2D eigenvalue weighted by atomic mass is 9.70. The summed E-state index contributed by atoms with van der Waals surface area (Å²) in [4.78, 5) is 12.1. The summed E-state index contributed by atoms with van der Waals surface area (Å²) in [5.74, 6) is 0.100. The second-order valence-electron chi connectivity index (χ2n) is 7.40. The van der Waals surface area contributed by atoms with E-state index >= 15 is 0 Å². The van der Waals surface area contributed by atoms with Crippen molar-refractivity contribution in [3.63, 3.8) is 0 Å². The first kappa shape index (κ1) is 20.2. The lowest BCUT2D eigenvalue weighted by Gasteiger charge is -2.43. The fourth-order valence-electron chi connectivity index (χ4n) is 3.78. The van der Waals surface area contributed by atoms with Crippen molar-refractivity contribution in [2.45, 2.75) is 32.1 Å². The molecule has 0 aliphatic rings. The van der Waals surface area contributed by atoms with E-state index in [1.54, 1.807) is 7.05 Å². The lowest BCUT2D eigenvalue weighted by Crippen LogP contribution is -2.53. The van der Waals surface area contributed by atoms with Gasteiger partial charge >= 0.3 is 0 Å². The zero-order chi connectivity index (χ0) is 19.0. The maximum absolute atomic E-state index is 12.1. The van der Waals surface area contributed by atoms with Crippen LogP contribution in [0.3, 0.4) is 0 Å². The number of hydrogen-bond acceptors (Lipinski definition) is 1. The molecule has 0 unspecified atom stereocenters. The third-order valence-electron chi connectivity index (χ3n) is 5.89. The van der Waals surface area contributed by atoms with Crippen LogP contribution in [0.4, 0.5) is 0 Å². The van der Waals surface area contributed by atoms with Gasteiger partial charge in [-0.1, -0.05) is 60.7 Å². The molecule has 3 nitrogen and oxygen atoms in total. The van der Waals surface area contributed by atoms with Crippen LogP contribution >= 0.6 is 0 Å². The molecule has 0 radical (unpaired) electrons. The first-order chi connectivity index (χ1) is 12.5. The summed E-state index contributed by atoms with van der Waals surface area (Å²) in [7, 11) is 4.04. The highest BCUT2D eigenvalue weighted by Gasteiger charge is 2.41. The second-order valence-corrected chi connectivity index (χ2v) is 7.40. The maximum atomic E-state index is 12.1. The van der Waals surface area contributed by atoms with Gasteiger partial charge in [-0.2, -0.15) is 0 Å².